The van der Waals surface area contributed by atoms with Crippen LogP contribution in [0.2, 0.25) is 0 Å². The molecule has 0 aliphatic carbocycles. The third-order valence-electron chi connectivity index (χ3n) is 3.39. The molecule has 1 aromatic carbocycles. The van der Waals surface area contributed by atoms with E-state index in [1.165, 1.54) is 11.1 Å². The number of hydrogen-bond acceptors (Lipinski definition) is 3. The Kier molecular flexibility index (Phi) is 4.05. The van der Waals surface area contributed by atoms with Gasteiger partial charge in [-0.2, -0.15) is 5.26 Å². The summed E-state index contributed by atoms with van der Waals surface area (Å²) < 4.78 is 0. The van der Waals surface area contributed by atoms with Gasteiger partial charge in [0.05, 0.1) is 17.7 Å². The molecule has 1 unspecified atom stereocenters. The van der Waals surface area contributed by atoms with Gasteiger partial charge in [-0.25, -0.2) is 0 Å². The first kappa shape index (κ1) is 14.1. The van der Waals surface area contributed by atoms with Crippen LogP contribution < -0.4 is 5.32 Å². The maximum absolute atomic E-state index is 8.94. The molecular formula is C17H19N3. The van der Waals surface area contributed by atoms with Gasteiger partial charge in [0.15, 0.2) is 0 Å². The average molecular weight is 265 g/mol. The van der Waals surface area contributed by atoms with Crippen molar-refractivity contribution in [2.45, 2.75) is 33.7 Å². The quantitative estimate of drug-likeness (QED) is 0.910. The minimum absolute atomic E-state index is 0.150. The summed E-state index contributed by atoms with van der Waals surface area (Å²) in [6.45, 7) is 8.28. The molecule has 102 valence electrons. The fourth-order valence-electron chi connectivity index (χ4n) is 2.69. The second kappa shape index (κ2) is 5.75. The van der Waals surface area contributed by atoms with Gasteiger partial charge in [0.2, 0.25) is 0 Å². The van der Waals surface area contributed by atoms with E-state index >= 15 is 0 Å². The Bertz CT molecular complexity index is 645. The zero-order valence-electron chi connectivity index (χ0n) is 12.4. The van der Waals surface area contributed by atoms with Gasteiger partial charge in [-0.05, 0) is 63.1 Å². The van der Waals surface area contributed by atoms with Crippen LogP contribution in [0.15, 0.2) is 30.3 Å². The van der Waals surface area contributed by atoms with Crippen LogP contribution in [0.4, 0.5) is 5.69 Å². The van der Waals surface area contributed by atoms with Gasteiger partial charge in [0.1, 0.15) is 0 Å². The lowest BCUT2D eigenvalue weighted by Crippen LogP contribution is -2.11. The number of aromatic nitrogens is 1. The summed E-state index contributed by atoms with van der Waals surface area (Å²) in [4.78, 5) is 4.54. The van der Waals surface area contributed by atoms with E-state index in [0.29, 0.717) is 5.56 Å². The fourth-order valence-corrected chi connectivity index (χ4v) is 2.69. The second-order valence-electron chi connectivity index (χ2n) is 5.14. The minimum Gasteiger partial charge on any atom is -0.378 e. The maximum atomic E-state index is 8.94. The number of benzene rings is 1. The molecule has 0 spiro atoms. The highest BCUT2D eigenvalue weighted by molar-refractivity contribution is 5.51. The third kappa shape index (κ3) is 2.97. The van der Waals surface area contributed by atoms with Crippen LogP contribution in [0.5, 0.6) is 0 Å². The van der Waals surface area contributed by atoms with Crippen molar-refractivity contribution in [3.05, 3.63) is 58.4 Å². The largest absolute Gasteiger partial charge is 0.378 e. The molecule has 2 rings (SSSR count). The van der Waals surface area contributed by atoms with E-state index in [9.17, 15) is 0 Å². The van der Waals surface area contributed by atoms with E-state index in [2.05, 4.69) is 36.3 Å². The number of nitriles is 1. The van der Waals surface area contributed by atoms with Gasteiger partial charge in [-0.1, -0.05) is 6.07 Å². The van der Waals surface area contributed by atoms with Crippen molar-refractivity contribution in [2.24, 2.45) is 0 Å². The lowest BCUT2D eigenvalue weighted by molar-refractivity contribution is 0.843. The van der Waals surface area contributed by atoms with Crippen molar-refractivity contribution < 1.29 is 0 Å². The number of pyridine rings is 1. The van der Waals surface area contributed by atoms with E-state index in [0.717, 1.165) is 17.1 Å². The highest BCUT2D eigenvalue weighted by Crippen LogP contribution is 2.25. The first-order valence-electron chi connectivity index (χ1n) is 6.72. The van der Waals surface area contributed by atoms with E-state index in [4.69, 9.17) is 5.26 Å². The lowest BCUT2D eigenvalue weighted by atomic mass is 10.00. The first-order chi connectivity index (χ1) is 9.51. The summed E-state index contributed by atoms with van der Waals surface area (Å²) in [6.07, 6.45) is 0. The normalized spacial score (nSPS) is 11.8. The summed E-state index contributed by atoms with van der Waals surface area (Å²) in [5.74, 6) is 0. The number of nitrogens with one attached hydrogen (secondary N) is 1. The van der Waals surface area contributed by atoms with Crippen LogP contribution in [0.25, 0.3) is 0 Å². The summed E-state index contributed by atoms with van der Waals surface area (Å²) in [7, 11) is 0. The number of hydrogen-bond donors (Lipinski definition) is 1. The van der Waals surface area contributed by atoms with Crippen LogP contribution in [0.1, 0.15) is 41.0 Å². The summed E-state index contributed by atoms with van der Waals surface area (Å²) in [6, 6.07) is 11.9. The molecule has 0 aliphatic rings. The second-order valence-corrected chi connectivity index (χ2v) is 5.14. The summed E-state index contributed by atoms with van der Waals surface area (Å²) in [5, 5.41) is 12.4. The van der Waals surface area contributed by atoms with E-state index < -0.39 is 0 Å². The predicted molar refractivity (Wildman–Crippen MR) is 81.6 cm³/mol. The first-order valence-corrected chi connectivity index (χ1v) is 6.72. The third-order valence-corrected chi connectivity index (χ3v) is 3.39. The molecule has 0 amide bonds. The number of nitrogens with zero attached hydrogens (tertiary/aromatic N) is 2. The average Bonchev–Trinajstić information content (AvgIpc) is 2.37. The standard InChI is InChI=1S/C17H19N3/c1-11-8-12(2)19-13(3)17(11)14(4)20-16-7-5-6-15(9-16)10-18/h5-9,14,20H,1-4H3. The molecule has 0 saturated heterocycles. The Morgan fingerprint density at radius 3 is 2.60 bits per heavy atom. The molecule has 1 N–H and O–H groups in total. The smallest absolute Gasteiger partial charge is 0.0992 e. The van der Waals surface area contributed by atoms with Crippen molar-refractivity contribution in [3.8, 4) is 6.07 Å². The molecule has 0 saturated carbocycles. The van der Waals surface area contributed by atoms with Crippen LogP contribution >= 0.6 is 0 Å². The van der Waals surface area contributed by atoms with Gasteiger partial charge in [0, 0.05) is 17.1 Å². The molecule has 0 bridgehead atoms. The highest BCUT2D eigenvalue weighted by atomic mass is 14.9. The number of rotatable bonds is 3. The van der Waals surface area contributed by atoms with Gasteiger partial charge < -0.3 is 5.32 Å². The van der Waals surface area contributed by atoms with Crippen molar-refractivity contribution in [3.63, 3.8) is 0 Å². The minimum atomic E-state index is 0.150. The Hall–Kier alpha value is -2.34. The molecule has 1 atom stereocenters. The van der Waals surface area contributed by atoms with Gasteiger partial charge in [-0.15, -0.1) is 0 Å². The molecule has 3 heteroatoms. The van der Waals surface area contributed by atoms with Gasteiger partial charge >= 0.3 is 0 Å². The Morgan fingerprint density at radius 1 is 1.20 bits per heavy atom. The lowest BCUT2D eigenvalue weighted by Gasteiger charge is -2.20. The summed E-state index contributed by atoms with van der Waals surface area (Å²) >= 11 is 0. The number of anilines is 1. The zero-order chi connectivity index (χ0) is 14.7. The predicted octanol–water partition coefficient (Wildman–Crippen LogP) is 4.05. The number of aryl methyl sites for hydroxylation is 3. The highest BCUT2D eigenvalue weighted by Gasteiger charge is 2.13. The van der Waals surface area contributed by atoms with Crippen molar-refractivity contribution >= 4 is 5.69 Å². The molecule has 0 aliphatic heterocycles. The van der Waals surface area contributed by atoms with Crippen molar-refractivity contribution in [1.29, 1.82) is 5.26 Å². The fraction of sp³-hybridized carbons (Fsp3) is 0.294. The maximum Gasteiger partial charge on any atom is 0.0992 e. The molecule has 0 radical (unpaired) electrons. The van der Waals surface area contributed by atoms with E-state index in [-0.39, 0.29) is 6.04 Å². The molecular weight excluding hydrogens is 246 g/mol. The molecule has 2 aromatic rings. The van der Waals surface area contributed by atoms with Crippen LogP contribution in [0, 0.1) is 32.1 Å². The monoisotopic (exact) mass is 265 g/mol. The Morgan fingerprint density at radius 2 is 1.95 bits per heavy atom. The molecule has 0 fully saturated rings. The molecule has 3 nitrogen and oxygen atoms in total. The molecule has 1 aromatic heterocycles. The molecule has 1 heterocycles. The van der Waals surface area contributed by atoms with Crippen LogP contribution in [-0.4, -0.2) is 4.98 Å². The van der Waals surface area contributed by atoms with Crippen molar-refractivity contribution in [1.82, 2.24) is 4.98 Å². The van der Waals surface area contributed by atoms with E-state index in [1.807, 2.05) is 32.0 Å². The summed E-state index contributed by atoms with van der Waals surface area (Å²) in [5.41, 5.74) is 6.18. The van der Waals surface area contributed by atoms with Crippen LogP contribution in [0.3, 0.4) is 0 Å². The van der Waals surface area contributed by atoms with Crippen molar-refractivity contribution in [2.75, 3.05) is 5.32 Å². The van der Waals surface area contributed by atoms with Gasteiger partial charge in [0.25, 0.3) is 0 Å². The SMILES string of the molecule is Cc1cc(C)c(C(C)Nc2cccc(C#N)c2)c(C)n1. The zero-order valence-corrected chi connectivity index (χ0v) is 12.4. The Labute approximate surface area is 120 Å². The van der Waals surface area contributed by atoms with E-state index in [1.54, 1.807) is 6.07 Å². The van der Waals surface area contributed by atoms with Gasteiger partial charge in [-0.3, -0.25) is 4.98 Å². The molecule has 20 heavy (non-hydrogen) atoms. The Balaban J connectivity index is 2.28. The van der Waals surface area contributed by atoms with Crippen LogP contribution in [-0.2, 0) is 0 Å². The topological polar surface area (TPSA) is 48.7 Å².